The predicted octanol–water partition coefficient (Wildman–Crippen LogP) is 2.39. The number of fused-ring (bicyclic) bond motifs is 1. The predicted molar refractivity (Wildman–Crippen MR) is 71.9 cm³/mol. The average molecular weight is 259 g/mol. The normalized spacial score (nSPS) is 16.3. The molecule has 1 aliphatic carbocycles. The molecule has 0 atom stereocenters. The molecule has 0 spiro atoms. The summed E-state index contributed by atoms with van der Waals surface area (Å²) in [5.41, 5.74) is 6.05. The number of nitrogens with one attached hydrogen (secondary N) is 1. The van der Waals surface area contributed by atoms with Crippen LogP contribution in [0.15, 0.2) is 29.8 Å². The minimum absolute atomic E-state index is 0.352. The number of benzene rings is 1. The molecule has 0 bridgehead atoms. The van der Waals surface area contributed by atoms with E-state index in [0.717, 1.165) is 30.4 Å². The Morgan fingerprint density at radius 1 is 1.37 bits per heavy atom. The lowest BCUT2D eigenvalue weighted by Gasteiger charge is -2.21. The van der Waals surface area contributed by atoms with Crippen LogP contribution in [0.2, 0.25) is 0 Å². The molecule has 2 rings (SSSR count). The lowest BCUT2D eigenvalue weighted by atomic mass is 9.84. The first-order valence-corrected chi connectivity index (χ1v) is 6.48. The van der Waals surface area contributed by atoms with Crippen molar-refractivity contribution in [1.29, 1.82) is 0 Å². The van der Waals surface area contributed by atoms with Gasteiger partial charge in [-0.1, -0.05) is 31.2 Å². The van der Waals surface area contributed by atoms with Gasteiger partial charge in [-0.3, -0.25) is 4.79 Å². The number of carbonyl (C=O) groups excluding carboxylic acids is 2. The Kier molecular flexibility index (Phi) is 4.34. The van der Waals surface area contributed by atoms with Crippen LogP contribution in [0.25, 0.3) is 5.57 Å². The molecule has 4 heteroatoms. The summed E-state index contributed by atoms with van der Waals surface area (Å²) in [7, 11) is 0. The molecule has 1 aromatic carbocycles. The van der Waals surface area contributed by atoms with Gasteiger partial charge in [0.25, 0.3) is 0 Å². The summed E-state index contributed by atoms with van der Waals surface area (Å²) in [4.78, 5) is 26.8. The summed E-state index contributed by atoms with van der Waals surface area (Å²) in [5.74, 6) is -0.471. The van der Waals surface area contributed by atoms with E-state index in [0.29, 0.717) is 18.4 Å². The van der Waals surface area contributed by atoms with Crippen molar-refractivity contribution in [2.75, 3.05) is 0 Å². The fraction of sp³-hybridized carbons (Fsp3) is 0.333. The van der Waals surface area contributed by atoms with Crippen LogP contribution < -0.4 is 5.48 Å². The molecule has 0 aromatic heterocycles. The molecule has 100 valence electrons. The minimum Gasteiger partial charge on any atom is -0.336 e. The molecule has 19 heavy (non-hydrogen) atoms. The molecular formula is C15H17NO3. The van der Waals surface area contributed by atoms with Crippen molar-refractivity contribution in [1.82, 2.24) is 5.48 Å². The topological polar surface area (TPSA) is 55.4 Å². The standard InChI is InChI=1S/C15H17NO3/c1-2-12(15(18)19-16-10-17)14-9-5-7-11-6-3-4-8-13(11)14/h3-4,6,8,10H,2,5,7,9H2,1H3,(H,16,17). The molecule has 0 heterocycles. The number of hydrogen-bond donors (Lipinski definition) is 1. The van der Waals surface area contributed by atoms with Crippen LogP contribution in [0.1, 0.15) is 37.3 Å². The van der Waals surface area contributed by atoms with E-state index in [-0.39, 0.29) is 0 Å². The van der Waals surface area contributed by atoms with Crippen LogP contribution in [0.4, 0.5) is 0 Å². The number of allylic oxidation sites excluding steroid dienone is 1. The number of hydrogen-bond acceptors (Lipinski definition) is 3. The number of aryl methyl sites for hydroxylation is 1. The van der Waals surface area contributed by atoms with E-state index in [2.05, 4.69) is 6.07 Å². The summed E-state index contributed by atoms with van der Waals surface area (Å²) in [6, 6.07) is 8.13. The molecule has 1 aromatic rings. The van der Waals surface area contributed by atoms with E-state index >= 15 is 0 Å². The highest BCUT2D eigenvalue weighted by atomic mass is 16.7. The highest BCUT2D eigenvalue weighted by molar-refractivity contribution is 5.98. The second-order valence-electron chi connectivity index (χ2n) is 4.45. The Bertz CT molecular complexity index is 520. The van der Waals surface area contributed by atoms with Gasteiger partial charge in [0.05, 0.1) is 0 Å². The van der Waals surface area contributed by atoms with Gasteiger partial charge in [0.1, 0.15) is 0 Å². The second kappa shape index (κ2) is 6.18. The van der Waals surface area contributed by atoms with Gasteiger partial charge in [-0.15, -0.1) is 0 Å². The van der Waals surface area contributed by atoms with E-state index in [9.17, 15) is 9.59 Å². The Morgan fingerprint density at radius 3 is 2.89 bits per heavy atom. The van der Waals surface area contributed by atoms with E-state index in [1.54, 1.807) is 0 Å². The SMILES string of the molecule is CCC(C(=O)ONC=O)=C1CCCc2ccccc21. The third-order valence-corrected chi connectivity index (χ3v) is 3.38. The Hall–Kier alpha value is -2.10. The third kappa shape index (κ3) is 2.84. The molecule has 1 aliphatic rings. The average Bonchev–Trinajstić information content (AvgIpc) is 2.46. The van der Waals surface area contributed by atoms with Gasteiger partial charge in [-0.25, -0.2) is 4.79 Å². The molecule has 0 fully saturated rings. The number of rotatable bonds is 4. The van der Waals surface area contributed by atoms with Crippen molar-refractivity contribution in [3.8, 4) is 0 Å². The number of amides is 1. The highest BCUT2D eigenvalue weighted by Crippen LogP contribution is 2.34. The summed E-state index contributed by atoms with van der Waals surface area (Å²) < 4.78 is 0. The molecule has 0 unspecified atom stereocenters. The van der Waals surface area contributed by atoms with Gasteiger partial charge >= 0.3 is 5.97 Å². The first-order chi connectivity index (χ1) is 9.27. The van der Waals surface area contributed by atoms with Crippen LogP contribution in [-0.2, 0) is 20.8 Å². The second-order valence-corrected chi connectivity index (χ2v) is 4.45. The Balaban J connectivity index is 2.39. The molecule has 0 saturated carbocycles. The fourth-order valence-corrected chi connectivity index (χ4v) is 2.56. The minimum atomic E-state index is -0.471. The monoisotopic (exact) mass is 259 g/mol. The van der Waals surface area contributed by atoms with Crippen molar-refractivity contribution in [3.05, 3.63) is 41.0 Å². The van der Waals surface area contributed by atoms with Gasteiger partial charge in [0.15, 0.2) is 0 Å². The van der Waals surface area contributed by atoms with Gasteiger partial charge in [-0.05, 0) is 42.4 Å². The Morgan fingerprint density at radius 2 is 2.16 bits per heavy atom. The zero-order valence-corrected chi connectivity index (χ0v) is 10.9. The van der Waals surface area contributed by atoms with Gasteiger partial charge in [0, 0.05) is 5.57 Å². The maximum atomic E-state index is 11.9. The van der Waals surface area contributed by atoms with Crippen LogP contribution in [-0.4, -0.2) is 12.4 Å². The van der Waals surface area contributed by atoms with E-state index < -0.39 is 5.97 Å². The smallest absolute Gasteiger partial charge is 0.336 e. The molecule has 0 aliphatic heterocycles. The van der Waals surface area contributed by atoms with E-state index in [4.69, 9.17) is 4.84 Å². The summed E-state index contributed by atoms with van der Waals surface area (Å²) >= 11 is 0. The quantitative estimate of drug-likeness (QED) is 0.513. The van der Waals surface area contributed by atoms with Crippen molar-refractivity contribution in [3.63, 3.8) is 0 Å². The van der Waals surface area contributed by atoms with E-state index in [1.165, 1.54) is 5.56 Å². The van der Waals surface area contributed by atoms with Crippen LogP contribution in [0.3, 0.4) is 0 Å². The first-order valence-electron chi connectivity index (χ1n) is 6.48. The third-order valence-electron chi connectivity index (χ3n) is 3.38. The van der Waals surface area contributed by atoms with Crippen molar-refractivity contribution in [2.24, 2.45) is 0 Å². The molecule has 0 saturated heterocycles. The first kappa shape index (κ1) is 13.3. The summed E-state index contributed by atoms with van der Waals surface area (Å²) in [5, 5.41) is 0. The van der Waals surface area contributed by atoms with Crippen LogP contribution in [0, 0.1) is 0 Å². The maximum Gasteiger partial charge on any atom is 0.359 e. The van der Waals surface area contributed by atoms with Crippen molar-refractivity contribution in [2.45, 2.75) is 32.6 Å². The number of hydroxylamine groups is 1. The maximum absolute atomic E-state index is 11.9. The lowest BCUT2D eigenvalue weighted by Crippen LogP contribution is -2.20. The highest BCUT2D eigenvalue weighted by Gasteiger charge is 2.21. The fourth-order valence-electron chi connectivity index (χ4n) is 2.56. The largest absolute Gasteiger partial charge is 0.359 e. The number of carbonyl (C=O) groups is 2. The zero-order valence-electron chi connectivity index (χ0n) is 10.9. The summed E-state index contributed by atoms with van der Waals surface area (Å²) in [6.07, 6.45) is 3.88. The van der Waals surface area contributed by atoms with Crippen LogP contribution in [0.5, 0.6) is 0 Å². The zero-order chi connectivity index (χ0) is 13.7. The molecular weight excluding hydrogens is 242 g/mol. The summed E-state index contributed by atoms with van der Waals surface area (Å²) in [6.45, 7) is 1.92. The lowest BCUT2D eigenvalue weighted by molar-refractivity contribution is -0.150. The Labute approximate surface area is 112 Å². The molecule has 4 nitrogen and oxygen atoms in total. The molecule has 1 N–H and O–H groups in total. The van der Waals surface area contributed by atoms with Crippen LogP contribution >= 0.6 is 0 Å². The van der Waals surface area contributed by atoms with Crippen molar-refractivity contribution >= 4 is 18.0 Å². The van der Waals surface area contributed by atoms with Gasteiger partial charge < -0.3 is 4.84 Å². The van der Waals surface area contributed by atoms with Crippen molar-refractivity contribution < 1.29 is 14.4 Å². The molecule has 1 amide bonds. The van der Waals surface area contributed by atoms with E-state index in [1.807, 2.05) is 30.6 Å². The van der Waals surface area contributed by atoms with Gasteiger partial charge in [0.2, 0.25) is 6.41 Å². The van der Waals surface area contributed by atoms with Gasteiger partial charge in [-0.2, -0.15) is 5.48 Å². The molecule has 0 radical (unpaired) electrons.